The van der Waals surface area contributed by atoms with E-state index < -0.39 is 0 Å². The maximum atomic E-state index is 5.28. The van der Waals surface area contributed by atoms with Gasteiger partial charge in [-0.2, -0.15) is 0 Å². The van der Waals surface area contributed by atoms with Gasteiger partial charge in [-0.1, -0.05) is 0 Å². The average Bonchev–Trinajstić information content (AvgIpc) is 1.86. The fourth-order valence-corrected chi connectivity index (χ4v) is 1.36. The second-order valence-electron chi connectivity index (χ2n) is 2.73. The highest BCUT2D eigenvalue weighted by molar-refractivity contribution is 4.88. The third-order valence-corrected chi connectivity index (χ3v) is 2.05. The van der Waals surface area contributed by atoms with E-state index in [4.69, 9.17) is 4.74 Å². The molecule has 0 saturated carbocycles. The summed E-state index contributed by atoms with van der Waals surface area (Å²) in [6.07, 6.45) is 2.36. The van der Waals surface area contributed by atoms with Gasteiger partial charge < -0.3 is 10.1 Å². The Morgan fingerprint density at radius 3 is 2.50 bits per heavy atom. The van der Waals surface area contributed by atoms with Gasteiger partial charge in [-0.15, -0.1) is 0 Å². The van der Waals surface area contributed by atoms with Gasteiger partial charge in [-0.05, 0) is 0 Å². The summed E-state index contributed by atoms with van der Waals surface area (Å²) >= 11 is 0. The molecule has 1 N–H and O–H groups in total. The molecule has 0 amide bonds. The Morgan fingerprint density at radius 2 is 2.00 bits per heavy atom. The van der Waals surface area contributed by atoms with Crippen molar-refractivity contribution in [2.45, 2.75) is 6.42 Å². The summed E-state index contributed by atoms with van der Waals surface area (Å²) in [5.74, 6) is 0. The Balaban J connectivity index is 1.78. The van der Waals surface area contributed by atoms with Gasteiger partial charge in [0.15, 0.2) is 6.23 Å². The Kier molecular flexibility index (Phi) is 1.88. The molecule has 0 aromatic rings. The molecule has 0 aliphatic carbocycles. The topological polar surface area (TPSA) is 24.5 Å². The monoisotopic (exact) mass is 141 g/mol. The molecule has 0 spiro atoms. The van der Waals surface area contributed by atoms with Crippen LogP contribution in [0.2, 0.25) is 0 Å². The molecule has 2 heterocycles. The highest BCUT2D eigenvalue weighted by Crippen LogP contribution is 2.23. The zero-order valence-corrected chi connectivity index (χ0v) is 6.10. The van der Waals surface area contributed by atoms with Crippen molar-refractivity contribution in [3.8, 4) is 0 Å². The zero-order valence-electron chi connectivity index (χ0n) is 6.10. The van der Waals surface area contributed by atoms with Gasteiger partial charge in [0, 0.05) is 32.6 Å². The predicted octanol–water partition coefficient (Wildman–Crippen LogP) is -0.199. The average molecular weight is 141 g/mol. The predicted molar refractivity (Wildman–Crippen MR) is 38.3 cm³/mol. The molecule has 57 valence electrons. The molecule has 1 radical (unpaired) electrons. The molecule has 2 aliphatic rings. The van der Waals surface area contributed by atoms with Crippen LogP contribution in [0.3, 0.4) is 0 Å². The van der Waals surface area contributed by atoms with E-state index >= 15 is 0 Å². The molecule has 0 unspecified atom stereocenters. The quantitative estimate of drug-likeness (QED) is 0.547. The minimum atomic E-state index is 0.930. The summed E-state index contributed by atoms with van der Waals surface area (Å²) in [5.41, 5.74) is 0. The van der Waals surface area contributed by atoms with Crippen molar-refractivity contribution in [1.29, 1.82) is 0 Å². The molecule has 3 nitrogen and oxygen atoms in total. The van der Waals surface area contributed by atoms with Crippen LogP contribution in [0.4, 0.5) is 0 Å². The number of nitrogens with one attached hydrogen (secondary N) is 1. The fraction of sp³-hybridized carbons (Fsp3) is 0.857. The number of rotatable bonds is 1. The van der Waals surface area contributed by atoms with Crippen molar-refractivity contribution in [1.82, 2.24) is 10.2 Å². The Hall–Kier alpha value is -0.120. The van der Waals surface area contributed by atoms with Crippen molar-refractivity contribution in [3.63, 3.8) is 0 Å². The van der Waals surface area contributed by atoms with Gasteiger partial charge in [0.2, 0.25) is 0 Å². The maximum absolute atomic E-state index is 5.28. The fourth-order valence-electron chi connectivity index (χ4n) is 1.36. The van der Waals surface area contributed by atoms with Crippen molar-refractivity contribution < 1.29 is 4.74 Å². The Bertz CT molecular complexity index is 108. The number of hydrogen-bond donors (Lipinski definition) is 1. The second kappa shape index (κ2) is 2.86. The third kappa shape index (κ3) is 1.17. The SMILES string of the molecule is C1CN([C]2CCO2)CCN1. The minimum Gasteiger partial charge on any atom is -0.356 e. The van der Waals surface area contributed by atoms with E-state index in [9.17, 15) is 0 Å². The van der Waals surface area contributed by atoms with E-state index in [0.717, 1.165) is 39.2 Å². The molecule has 0 aromatic carbocycles. The van der Waals surface area contributed by atoms with Crippen LogP contribution in [-0.2, 0) is 4.74 Å². The van der Waals surface area contributed by atoms with Gasteiger partial charge in [0.05, 0.1) is 6.61 Å². The van der Waals surface area contributed by atoms with Crippen LogP contribution in [0.15, 0.2) is 0 Å². The van der Waals surface area contributed by atoms with E-state index in [-0.39, 0.29) is 0 Å². The van der Waals surface area contributed by atoms with Crippen molar-refractivity contribution in [3.05, 3.63) is 6.23 Å². The normalized spacial score (nSPS) is 30.0. The first-order chi connectivity index (χ1) is 4.97. The number of ether oxygens (including phenoxy) is 1. The van der Waals surface area contributed by atoms with E-state index in [0.29, 0.717) is 0 Å². The van der Waals surface area contributed by atoms with Crippen LogP contribution in [-0.4, -0.2) is 37.7 Å². The van der Waals surface area contributed by atoms with Gasteiger partial charge in [-0.3, -0.25) is 4.90 Å². The first kappa shape index (κ1) is 6.58. The summed E-state index contributed by atoms with van der Waals surface area (Å²) in [5, 5.41) is 3.31. The first-order valence-electron chi connectivity index (χ1n) is 3.91. The lowest BCUT2D eigenvalue weighted by Gasteiger charge is -2.38. The van der Waals surface area contributed by atoms with Gasteiger partial charge in [0.1, 0.15) is 0 Å². The van der Waals surface area contributed by atoms with Crippen LogP contribution in [0, 0.1) is 6.23 Å². The molecule has 2 fully saturated rings. The molecule has 10 heavy (non-hydrogen) atoms. The largest absolute Gasteiger partial charge is 0.356 e. The Morgan fingerprint density at radius 1 is 1.30 bits per heavy atom. The molecule has 3 heteroatoms. The van der Waals surface area contributed by atoms with E-state index in [2.05, 4.69) is 10.2 Å². The second-order valence-corrected chi connectivity index (χ2v) is 2.73. The number of nitrogens with zero attached hydrogens (tertiary/aromatic N) is 1. The third-order valence-electron chi connectivity index (χ3n) is 2.05. The summed E-state index contributed by atoms with van der Waals surface area (Å²) < 4.78 is 5.28. The summed E-state index contributed by atoms with van der Waals surface area (Å²) in [7, 11) is 0. The summed E-state index contributed by atoms with van der Waals surface area (Å²) in [6.45, 7) is 5.38. The number of hydrogen-bond acceptors (Lipinski definition) is 3. The van der Waals surface area contributed by atoms with E-state index in [1.807, 2.05) is 0 Å². The molecule has 0 atom stereocenters. The van der Waals surface area contributed by atoms with Crippen LogP contribution >= 0.6 is 0 Å². The molecule has 2 aliphatic heterocycles. The van der Waals surface area contributed by atoms with Crippen LogP contribution < -0.4 is 5.32 Å². The molecule has 2 rings (SSSR count). The standard InChI is InChI=1S/C7H13N2O/c1-6-10-7(1)9-4-2-8-3-5-9/h8H,1-6H2. The lowest BCUT2D eigenvalue weighted by atomic mass is 10.2. The van der Waals surface area contributed by atoms with E-state index in [1.54, 1.807) is 0 Å². The summed E-state index contributed by atoms with van der Waals surface area (Å²) in [6, 6.07) is 0. The first-order valence-corrected chi connectivity index (χ1v) is 3.91. The molecule has 0 aromatic heterocycles. The van der Waals surface area contributed by atoms with Crippen LogP contribution in [0.25, 0.3) is 0 Å². The smallest absolute Gasteiger partial charge is 0.167 e. The van der Waals surface area contributed by atoms with Gasteiger partial charge in [-0.25, -0.2) is 0 Å². The number of piperazine rings is 1. The highest BCUT2D eigenvalue weighted by Gasteiger charge is 2.27. The molecular formula is C7H13N2O. The van der Waals surface area contributed by atoms with Crippen molar-refractivity contribution in [2.75, 3.05) is 32.8 Å². The zero-order chi connectivity index (χ0) is 6.81. The summed E-state index contributed by atoms with van der Waals surface area (Å²) in [4.78, 5) is 2.33. The molecule has 0 bridgehead atoms. The van der Waals surface area contributed by atoms with Crippen molar-refractivity contribution in [2.24, 2.45) is 0 Å². The maximum Gasteiger partial charge on any atom is 0.167 e. The van der Waals surface area contributed by atoms with Gasteiger partial charge >= 0.3 is 0 Å². The Labute approximate surface area is 61.3 Å². The molecular weight excluding hydrogens is 128 g/mol. The highest BCUT2D eigenvalue weighted by atomic mass is 16.5. The van der Waals surface area contributed by atoms with Crippen LogP contribution in [0.5, 0.6) is 0 Å². The lowest BCUT2D eigenvalue weighted by molar-refractivity contribution is -0.0532. The van der Waals surface area contributed by atoms with Gasteiger partial charge in [0.25, 0.3) is 0 Å². The molecule has 2 saturated heterocycles. The van der Waals surface area contributed by atoms with Crippen LogP contribution in [0.1, 0.15) is 6.42 Å². The minimum absolute atomic E-state index is 0.930. The van der Waals surface area contributed by atoms with E-state index in [1.165, 1.54) is 6.23 Å². The van der Waals surface area contributed by atoms with Crippen molar-refractivity contribution >= 4 is 0 Å². The lowest BCUT2D eigenvalue weighted by Crippen LogP contribution is -2.48.